The highest BCUT2D eigenvalue weighted by atomic mass is 12.6. The van der Waals surface area contributed by atoms with Crippen LogP contribution in [0.3, 0.4) is 0 Å². The van der Waals surface area contributed by atoms with Gasteiger partial charge in [-0.05, 0) is 0 Å². The van der Waals surface area contributed by atoms with Crippen molar-refractivity contribution >= 4 is 0 Å². The van der Waals surface area contributed by atoms with Crippen LogP contribution in [-0.4, -0.2) is 0 Å². The summed E-state index contributed by atoms with van der Waals surface area (Å²) in [6.45, 7) is 0. The van der Waals surface area contributed by atoms with E-state index in [0.717, 1.165) is 0 Å². The van der Waals surface area contributed by atoms with Crippen LogP contribution in [0.25, 0.3) is 0 Å². The molecule has 0 heterocycles. The van der Waals surface area contributed by atoms with Crippen LogP contribution in [0.5, 0.6) is 0 Å². The molecule has 0 saturated heterocycles. The molecule has 0 aliphatic heterocycles. The largest absolute Gasteiger partial charge is 0.124 e. The topological polar surface area (TPSA) is 0 Å². The summed E-state index contributed by atoms with van der Waals surface area (Å²) in [5, 5.41) is 0. The van der Waals surface area contributed by atoms with Gasteiger partial charge in [0.05, 0.1) is 0 Å². The van der Waals surface area contributed by atoms with Crippen molar-refractivity contribution in [3.05, 3.63) is 0 Å². The maximum absolute atomic E-state index is 5.74. The first kappa shape index (κ1) is 288. The molecule has 0 atom stereocenters. The number of hydrogen-bond acceptors (Lipinski definition) is 0. The fraction of sp³-hybridized carbons (Fsp3) is 0.800. The molecule has 10 heavy (non-hydrogen) atoms. The lowest BCUT2D eigenvalue weighted by atomic mass is 11.4. The molecular formula is C10H34. The van der Waals surface area contributed by atoms with Gasteiger partial charge in [0.2, 0.25) is 0 Å². The highest BCUT2D eigenvalue weighted by Crippen LogP contribution is 0.579. The van der Waals surface area contributed by atoms with Gasteiger partial charge in [0.15, 0.2) is 0 Å². The monoisotopic (exact) mass is 156 g/mol. The zero-order chi connectivity index (χ0) is 2.71. The molecule has 0 unspecified atom stereocenters. The molecule has 0 fully saturated rings. The molecule has 0 saturated carbocycles. The summed E-state index contributed by atoms with van der Waals surface area (Å²) in [7, 11) is 0. The van der Waals surface area contributed by atoms with Crippen molar-refractivity contribution in [2.75, 3.05) is 0 Å². The van der Waals surface area contributed by atoms with E-state index in [4.69, 9.17) is 1.37 Å². The van der Waals surface area contributed by atoms with Crippen LogP contribution in [-0.2, 0) is 0 Å². The number of rotatable bonds is 0. The second-order valence-corrected chi connectivity index (χ2v) is 0. The zero-order valence-corrected chi connectivity index (χ0v) is 1.08. The molecule has 0 aromatic heterocycles. The number of hydrogen-bond donors (Lipinski definition) is 0. The van der Waals surface area contributed by atoms with E-state index in [1.54, 1.807) is 0 Å². The molecule has 0 amide bonds. The van der Waals surface area contributed by atoms with E-state index in [2.05, 4.69) is 6.42 Å². The SMILES string of the molecule is C.C.C.C.C.C.C.C.[3H]C#C. The van der Waals surface area contributed by atoms with Crippen molar-refractivity contribution in [3.8, 4) is 12.8 Å². The molecule has 0 aliphatic carbocycles. The van der Waals surface area contributed by atoms with E-state index in [1.807, 2.05) is 0 Å². The molecule has 0 bridgehead atoms. The standard InChI is InChI=1S/C2H2.8CH4/c1-2;;;;;;;;/h1-2H;8*1H4/i1T;;;;;;;;. The van der Waals surface area contributed by atoms with Crippen LogP contribution in [0.2, 0.25) is 0 Å². The Balaban J connectivity index is -0.000000000714. The van der Waals surface area contributed by atoms with E-state index >= 15 is 0 Å². The van der Waals surface area contributed by atoms with E-state index < -0.39 is 0 Å². The fourth-order valence-electron chi connectivity index (χ4n) is 0. The Hall–Kier alpha value is -0.440. The highest BCUT2D eigenvalue weighted by molar-refractivity contribution is 4.47. The average molecular weight is 156 g/mol. The van der Waals surface area contributed by atoms with Crippen molar-refractivity contribution in [1.29, 1.82) is 0 Å². The molecule has 0 heteroatoms. The normalized spacial score (nSPS) is 0.900. The minimum Gasteiger partial charge on any atom is -0.124 e. The molecule has 0 aliphatic rings. The van der Waals surface area contributed by atoms with Crippen LogP contribution in [0.1, 0.15) is 60.8 Å². The Morgan fingerprint density at radius 3 is 0.600 bits per heavy atom. The minimum atomic E-state index is 0. The van der Waals surface area contributed by atoms with E-state index in [1.165, 1.54) is 6.40 Å². The van der Waals surface area contributed by atoms with Gasteiger partial charge in [0.25, 0.3) is 0 Å². The van der Waals surface area contributed by atoms with Crippen LogP contribution >= 0.6 is 0 Å². The smallest absolute Gasteiger partial charge is 0.124 e. The third kappa shape index (κ3) is 1680. The van der Waals surface area contributed by atoms with Crippen molar-refractivity contribution in [3.63, 3.8) is 0 Å². The summed E-state index contributed by atoms with van der Waals surface area (Å²) < 4.78 is 5.74. The number of terminal acetylenes is 1. The Morgan fingerprint density at radius 2 is 0.600 bits per heavy atom. The maximum atomic E-state index is 5.74. The van der Waals surface area contributed by atoms with Gasteiger partial charge in [0, 0.05) is 0 Å². The van der Waals surface area contributed by atoms with Gasteiger partial charge < -0.3 is 0 Å². The Morgan fingerprint density at radius 1 is 0.600 bits per heavy atom. The first-order chi connectivity index (χ1) is 1.41. The molecule has 0 aromatic carbocycles. The lowest BCUT2D eigenvalue weighted by molar-refractivity contribution is 2.50. The highest BCUT2D eigenvalue weighted by Gasteiger charge is 0.454. The molecule has 0 N–H and O–H groups in total. The summed E-state index contributed by atoms with van der Waals surface area (Å²) in [6, 6.07) is 0. The lowest BCUT2D eigenvalue weighted by Gasteiger charge is -0.701. The van der Waals surface area contributed by atoms with Crippen molar-refractivity contribution in [2.45, 2.75) is 59.4 Å². The van der Waals surface area contributed by atoms with Gasteiger partial charge in [-0.3, -0.25) is 0 Å². The van der Waals surface area contributed by atoms with Gasteiger partial charge in [-0.1, -0.05) is 59.4 Å². The molecule has 0 spiro atoms. The van der Waals surface area contributed by atoms with E-state index in [0.29, 0.717) is 0 Å². The van der Waals surface area contributed by atoms with Crippen molar-refractivity contribution in [2.24, 2.45) is 0 Å². The summed E-state index contributed by atoms with van der Waals surface area (Å²) in [6.07, 6.45) is 5.76. The second kappa shape index (κ2) is 2530. The van der Waals surface area contributed by atoms with Crippen LogP contribution in [0.4, 0.5) is 0 Å². The Kier molecular flexibility index (Phi) is 72700. The Labute approximate surface area is 74.5 Å². The third-order valence-corrected chi connectivity index (χ3v) is 0. The minimum absolute atomic E-state index is 0. The lowest BCUT2D eigenvalue weighted by Crippen LogP contribution is -0.576. The molecule has 74 valence electrons. The predicted molar refractivity (Wildman–Crippen MR) is 63.7 cm³/mol. The van der Waals surface area contributed by atoms with Crippen molar-refractivity contribution in [1.82, 2.24) is 0 Å². The average Bonchev–Trinajstić information content (AvgIpc) is 0.918. The maximum Gasteiger partial charge on any atom is 0.124 e. The van der Waals surface area contributed by atoms with Gasteiger partial charge in [-0.2, -0.15) is 0 Å². The third-order valence-electron chi connectivity index (χ3n) is 0. The first-order valence-electron chi connectivity index (χ1n) is 0.789. The van der Waals surface area contributed by atoms with Gasteiger partial charge >= 0.3 is 0 Å². The van der Waals surface area contributed by atoms with Crippen LogP contribution < -0.4 is 0 Å². The van der Waals surface area contributed by atoms with E-state index in [9.17, 15) is 0 Å². The van der Waals surface area contributed by atoms with Crippen LogP contribution in [0.15, 0.2) is 0 Å². The van der Waals surface area contributed by atoms with Gasteiger partial charge in [-0.15, -0.1) is 12.8 Å². The van der Waals surface area contributed by atoms with Gasteiger partial charge in [0.1, 0.15) is 1.37 Å². The van der Waals surface area contributed by atoms with Crippen LogP contribution in [0, 0.1) is 12.8 Å². The Bertz CT molecular complexity index is 26.3. The van der Waals surface area contributed by atoms with Crippen molar-refractivity contribution < 1.29 is 1.37 Å². The predicted octanol–water partition coefficient (Wildman–Crippen LogP) is 5.34. The molecular weight excluding hydrogens is 120 g/mol. The summed E-state index contributed by atoms with van der Waals surface area (Å²) >= 11 is 0. The summed E-state index contributed by atoms with van der Waals surface area (Å²) in [4.78, 5) is 0. The quantitative estimate of drug-likeness (QED) is 0.415. The van der Waals surface area contributed by atoms with Gasteiger partial charge in [-0.25, -0.2) is 0 Å². The van der Waals surface area contributed by atoms with E-state index in [-0.39, 0.29) is 59.4 Å². The molecule has 0 radical (unpaired) electrons. The second-order valence-electron chi connectivity index (χ2n) is 0. The summed E-state index contributed by atoms with van der Waals surface area (Å²) in [5.74, 6) is 0. The zero-order valence-electron chi connectivity index (χ0n) is 2.08. The fourth-order valence-corrected chi connectivity index (χ4v) is 0. The molecule has 0 rings (SSSR count). The molecule has 0 aromatic rings. The molecule has 0 nitrogen and oxygen atoms in total. The first-order valence-corrected chi connectivity index (χ1v) is 0.289. The summed E-state index contributed by atoms with van der Waals surface area (Å²) in [5.41, 5.74) is 0.